The van der Waals surface area contributed by atoms with E-state index in [0.717, 1.165) is 6.26 Å². The molecule has 1 unspecified atom stereocenters. The van der Waals surface area contributed by atoms with Crippen LogP contribution in [0.15, 0.2) is 12.1 Å². The number of hydrogen-bond donors (Lipinski definition) is 2. The number of anilines is 1. The number of methoxy groups -OCH3 is 1. The van der Waals surface area contributed by atoms with Gasteiger partial charge < -0.3 is 15.8 Å². The lowest BCUT2D eigenvalue weighted by Crippen LogP contribution is -2.34. The van der Waals surface area contributed by atoms with Gasteiger partial charge in [0.05, 0.1) is 29.1 Å². The summed E-state index contributed by atoms with van der Waals surface area (Å²) in [6.07, 6.45) is 1.49. The van der Waals surface area contributed by atoms with Gasteiger partial charge in [-0.1, -0.05) is 11.6 Å². The molecular weight excluding hydrogens is 316 g/mol. The van der Waals surface area contributed by atoms with Gasteiger partial charge in [-0.25, -0.2) is 8.42 Å². The van der Waals surface area contributed by atoms with Crippen LogP contribution in [0.1, 0.15) is 23.7 Å². The largest absolute Gasteiger partial charge is 0.496 e. The zero-order valence-corrected chi connectivity index (χ0v) is 13.7. The second-order valence-electron chi connectivity index (χ2n) is 4.87. The van der Waals surface area contributed by atoms with Crippen LogP contribution in [0.25, 0.3) is 0 Å². The third kappa shape index (κ3) is 5.43. The fourth-order valence-electron chi connectivity index (χ4n) is 1.68. The SMILES string of the molecule is COc1cc(N)c(Cl)cc1C(=O)NC(C)CCS(C)(=O)=O. The summed E-state index contributed by atoms with van der Waals surface area (Å²) in [4.78, 5) is 12.2. The molecule has 0 saturated carbocycles. The van der Waals surface area contributed by atoms with E-state index in [2.05, 4.69) is 5.32 Å². The fourth-order valence-corrected chi connectivity index (χ4v) is 2.63. The number of carbonyl (C=O) groups excluding carboxylic acids is 1. The van der Waals surface area contributed by atoms with Gasteiger partial charge in [0.2, 0.25) is 0 Å². The van der Waals surface area contributed by atoms with Gasteiger partial charge in [0.15, 0.2) is 0 Å². The minimum Gasteiger partial charge on any atom is -0.496 e. The van der Waals surface area contributed by atoms with Crippen molar-refractivity contribution in [1.29, 1.82) is 0 Å². The van der Waals surface area contributed by atoms with Crippen molar-refractivity contribution in [3.05, 3.63) is 22.7 Å². The van der Waals surface area contributed by atoms with Gasteiger partial charge >= 0.3 is 0 Å². The Balaban J connectivity index is 2.82. The van der Waals surface area contributed by atoms with E-state index >= 15 is 0 Å². The number of hydrogen-bond acceptors (Lipinski definition) is 5. The molecule has 0 spiro atoms. The van der Waals surface area contributed by atoms with Crippen molar-refractivity contribution in [2.24, 2.45) is 0 Å². The van der Waals surface area contributed by atoms with E-state index in [-0.39, 0.29) is 22.4 Å². The van der Waals surface area contributed by atoms with Crippen molar-refractivity contribution in [1.82, 2.24) is 5.32 Å². The molecule has 8 heteroatoms. The highest BCUT2D eigenvalue weighted by Gasteiger charge is 2.17. The minimum absolute atomic E-state index is 0.00801. The molecule has 0 bridgehead atoms. The van der Waals surface area contributed by atoms with Crippen LogP contribution in [-0.4, -0.2) is 39.5 Å². The molecule has 3 N–H and O–H groups in total. The van der Waals surface area contributed by atoms with Gasteiger partial charge in [-0.15, -0.1) is 0 Å². The molecule has 0 aliphatic rings. The highest BCUT2D eigenvalue weighted by molar-refractivity contribution is 7.90. The van der Waals surface area contributed by atoms with Gasteiger partial charge in [0.25, 0.3) is 5.91 Å². The molecule has 0 aliphatic carbocycles. The quantitative estimate of drug-likeness (QED) is 0.768. The van der Waals surface area contributed by atoms with Crippen LogP contribution in [0.2, 0.25) is 5.02 Å². The topological polar surface area (TPSA) is 98.5 Å². The van der Waals surface area contributed by atoms with E-state index in [1.54, 1.807) is 6.92 Å². The Kier molecular flexibility index (Phi) is 5.86. The third-order valence-corrected chi connectivity index (χ3v) is 4.17. The Morgan fingerprint density at radius 1 is 1.48 bits per heavy atom. The average Bonchev–Trinajstić information content (AvgIpc) is 2.38. The van der Waals surface area contributed by atoms with Crippen LogP contribution in [0.3, 0.4) is 0 Å². The first-order chi connectivity index (χ1) is 9.64. The minimum atomic E-state index is -3.06. The number of ether oxygens (including phenoxy) is 1. The Bertz CT molecular complexity index is 631. The van der Waals surface area contributed by atoms with Crippen molar-refractivity contribution >= 4 is 33.0 Å². The Labute approximate surface area is 129 Å². The molecule has 1 rings (SSSR count). The molecule has 1 aromatic rings. The molecule has 0 fully saturated rings. The molecule has 21 heavy (non-hydrogen) atoms. The van der Waals surface area contributed by atoms with Crippen LogP contribution in [0, 0.1) is 0 Å². The monoisotopic (exact) mass is 334 g/mol. The molecule has 118 valence electrons. The van der Waals surface area contributed by atoms with Crippen LogP contribution in [0.5, 0.6) is 5.75 Å². The molecule has 0 aromatic heterocycles. The smallest absolute Gasteiger partial charge is 0.255 e. The summed E-state index contributed by atoms with van der Waals surface area (Å²) in [5.74, 6) is -0.0758. The molecule has 1 amide bonds. The average molecular weight is 335 g/mol. The number of halogens is 1. The van der Waals surface area contributed by atoms with Gasteiger partial charge in [-0.3, -0.25) is 4.79 Å². The Morgan fingerprint density at radius 2 is 2.10 bits per heavy atom. The summed E-state index contributed by atoms with van der Waals surface area (Å²) in [7, 11) is -1.64. The summed E-state index contributed by atoms with van der Waals surface area (Å²) in [5, 5.41) is 2.96. The van der Waals surface area contributed by atoms with E-state index in [9.17, 15) is 13.2 Å². The highest BCUT2D eigenvalue weighted by atomic mass is 35.5. The summed E-state index contributed by atoms with van der Waals surface area (Å²) in [6, 6.07) is 2.60. The maximum Gasteiger partial charge on any atom is 0.255 e. The normalized spacial score (nSPS) is 12.8. The highest BCUT2D eigenvalue weighted by Crippen LogP contribution is 2.28. The Morgan fingerprint density at radius 3 is 2.62 bits per heavy atom. The van der Waals surface area contributed by atoms with Crippen molar-refractivity contribution in [2.75, 3.05) is 24.9 Å². The number of amides is 1. The summed E-state index contributed by atoms with van der Waals surface area (Å²) in [6.45, 7) is 1.73. The third-order valence-electron chi connectivity index (χ3n) is 2.86. The molecule has 1 atom stereocenters. The van der Waals surface area contributed by atoms with Gasteiger partial charge in [0.1, 0.15) is 15.6 Å². The van der Waals surface area contributed by atoms with Crippen LogP contribution in [0.4, 0.5) is 5.69 Å². The maximum atomic E-state index is 12.2. The van der Waals surface area contributed by atoms with Crippen molar-refractivity contribution in [2.45, 2.75) is 19.4 Å². The van der Waals surface area contributed by atoms with E-state index in [4.69, 9.17) is 22.1 Å². The van der Waals surface area contributed by atoms with Crippen LogP contribution >= 0.6 is 11.6 Å². The van der Waals surface area contributed by atoms with Crippen molar-refractivity contribution in [3.8, 4) is 5.75 Å². The van der Waals surface area contributed by atoms with Crippen molar-refractivity contribution in [3.63, 3.8) is 0 Å². The van der Waals surface area contributed by atoms with Gasteiger partial charge in [-0.05, 0) is 19.4 Å². The summed E-state index contributed by atoms with van der Waals surface area (Å²) in [5.41, 5.74) is 6.22. The zero-order chi connectivity index (χ0) is 16.2. The number of nitrogens with two attached hydrogens (primary N) is 1. The second kappa shape index (κ2) is 7.00. The number of sulfone groups is 1. The first-order valence-corrected chi connectivity index (χ1v) is 8.69. The van der Waals surface area contributed by atoms with Crippen LogP contribution < -0.4 is 15.8 Å². The molecular formula is C13H19ClN2O4S. The lowest BCUT2D eigenvalue weighted by Gasteiger charge is -2.15. The van der Waals surface area contributed by atoms with Gasteiger partial charge in [0, 0.05) is 18.4 Å². The number of benzene rings is 1. The molecule has 6 nitrogen and oxygen atoms in total. The summed E-state index contributed by atoms with van der Waals surface area (Å²) < 4.78 is 27.3. The first-order valence-electron chi connectivity index (χ1n) is 6.25. The maximum absolute atomic E-state index is 12.2. The van der Waals surface area contributed by atoms with Gasteiger partial charge in [-0.2, -0.15) is 0 Å². The van der Waals surface area contributed by atoms with E-state index in [1.165, 1.54) is 19.2 Å². The molecule has 1 aromatic carbocycles. The lowest BCUT2D eigenvalue weighted by molar-refractivity contribution is 0.0936. The number of carbonyl (C=O) groups is 1. The molecule has 0 aliphatic heterocycles. The van der Waals surface area contributed by atoms with Crippen molar-refractivity contribution < 1.29 is 17.9 Å². The standard InChI is InChI=1S/C13H19ClN2O4S/c1-8(4-5-21(3,18)19)16-13(17)9-6-10(14)11(15)7-12(9)20-2/h6-8H,4-5,15H2,1-3H3,(H,16,17). The Hall–Kier alpha value is -1.47. The van der Waals surface area contributed by atoms with E-state index in [1.807, 2.05) is 0 Å². The fraction of sp³-hybridized carbons (Fsp3) is 0.462. The predicted molar refractivity (Wildman–Crippen MR) is 83.7 cm³/mol. The lowest BCUT2D eigenvalue weighted by atomic mass is 10.1. The number of rotatable bonds is 6. The molecule has 0 radical (unpaired) electrons. The number of nitrogens with one attached hydrogen (secondary N) is 1. The summed E-state index contributed by atoms with van der Waals surface area (Å²) >= 11 is 5.90. The molecule has 0 heterocycles. The van der Waals surface area contributed by atoms with Crippen LogP contribution in [-0.2, 0) is 9.84 Å². The first kappa shape index (κ1) is 17.6. The predicted octanol–water partition coefficient (Wildman–Crippen LogP) is 1.48. The zero-order valence-electron chi connectivity index (χ0n) is 12.1. The molecule has 0 saturated heterocycles. The van der Waals surface area contributed by atoms with E-state index in [0.29, 0.717) is 17.9 Å². The second-order valence-corrected chi connectivity index (χ2v) is 7.53. The van der Waals surface area contributed by atoms with E-state index < -0.39 is 15.7 Å². The number of nitrogen functional groups attached to an aromatic ring is 1.